The number of oxime groups is 1. The number of carbonyl (C=O) groups is 4. The number of aromatic nitrogens is 3. The molecule has 0 radical (unpaired) electrons. The molecule has 2 aromatic heterocycles. The molecule has 216 valence electrons. The number of esters is 2. The lowest BCUT2D eigenvalue weighted by molar-refractivity contribution is -0.173. The molecule has 0 unspecified atom stereocenters. The van der Waals surface area contributed by atoms with Gasteiger partial charge in [0.2, 0.25) is 6.79 Å². The van der Waals surface area contributed by atoms with E-state index in [9.17, 15) is 24.4 Å². The van der Waals surface area contributed by atoms with Gasteiger partial charge in [0, 0.05) is 11.1 Å². The molecule has 1 fully saturated rings. The van der Waals surface area contributed by atoms with Gasteiger partial charge in [-0.1, -0.05) is 23.4 Å². The number of anilines is 1. The van der Waals surface area contributed by atoms with Crippen molar-refractivity contribution in [2.24, 2.45) is 10.6 Å². The van der Waals surface area contributed by atoms with E-state index in [1.807, 2.05) is 0 Å². The summed E-state index contributed by atoms with van der Waals surface area (Å²) < 4.78 is 18.2. The summed E-state index contributed by atoms with van der Waals surface area (Å²) in [6.45, 7) is 4.33. The molecule has 0 saturated carbocycles. The first kappa shape index (κ1) is 29.9. The zero-order valence-electron chi connectivity index (χ0n) is 22.0. The van der Waals surface area contributed by atoms with Crippen LogP contribution in [0.15, 0.2) is 46.2 Å². The lowest BCUT2D eigenvalue weighted by atomic mass is 9.98. The third kappa shape index (κ3) is 6.80. The quantitative estimate of drug-likeness (QED) is 0.0700. The molecule has 2 amide bonds. The van der Waals surface area contributed by atoms with Crippen molar-refractivity contribution in [3.05, 3.63) is 52.5 Å². The molecule has 4 N–H and O–H groups in total. The van der Waals surface area contributed by atoms with Crippen molar-refractivity contribution in [3.8, 4) is 0 Å². The van der Waals surface area contributed by atoms with Gasteiger partial charge in [-0.05, 0) is 32.4 Å². The van der Waals surface area contributed by atoms with Gasteiger partial charge in [0.25, 0.3) is 11.8 Å². The zero-order chi connectivity index (χ0) is 29.7. The molecule has 0 spiro atoms. The second-order valence-corrected chi connectivity index (χ2v) is 12.1. The van der Waals surface area contributed by atoms with Gasteiger partial charge in [-0.3, -0.25) is 19.3 Å². The average molecular weight is 620 g/mol. The van der Waals surface area contributed by atoms with E-state index in [-0.39, 0.29) is 16.5 Å². The third-order valence-corrected chi connectivity index (χ3v) is 8.07. The van der Waals surface area contributed by atoms with Gasteiger partial charge >= 0.3 is 11.9 Å². The van der Waals surface area contributed by atoms with Gasteiger partial charge in [-0.15, -0.1) is 23.1 Å². The maximum Gasteiger partial charge on any atom is 0.358 e. The van der Waals surface area contributed by atoms with Crippen molar-refractivity contribution in [3.63, 3.8) is 0 Å². The smallest absolute Gasteiger partial charge is 0.358 e. The predicted molar refractivity (Wildman–Crippen MR) is 151 cm³/mol. The monoisotopic (exact) mass is 619 g/mol. The lowest BCUT2D eigenvalue weighted by Gasteiger charge is -2.49. The number of ether oxygens (including phenoxy) is 2. The lowest BCUT2D eigenvalue weighted by Crippen LogP contribution is -2.71. The first-order valence-electron chi connectivity index (χ1n) is 11.9. The van der Waals surface area contributed by atoms with Crippen LogP contribution in [-0.2, 0) is 28.7 Å². The summed E-state index contributed by atoms with van der Waals surface area (Å²) in [4.78, 5) is 56.4. The Labute approximate surface area is 246 Å². The van der Waals surface area contributed by atoms with Crippen LogP contribution in [0, 0.1) is 5.41 Å². The van der Waals surface area contributed by atoms with Crippen LogP contribution in [0.25, 0.3) is 6.08 Å². The van der Waals surface area contributed by atoms with Crippen LogP contribution >= 0.6 is 34.8 Å². The second kappa shape index (κ2) is 12.6. The van der Waals surface area contributed by atoms with E-state index in [0.717, 1.165) is 23.1 Å². The fraction of sp³-hybridized carbons (Fsp3) is 0.333. The molecular weight excluding hydrogens is 595 g/mol. The summed E-state index contributed by atoms with van der Waals surface area (Å²) in [7, 11) is 0. The Balaban J connectivity index is 1.52. The van der Waals surface area contributed by atoms with Crippen LogP contribution in [0.5, 0.6) is 0 Å². The zero-order valence-corrected chi connectivity index (χ0v) is 24.4. The second-order valence-electron chi connectivity index (χ2n) is 9.54. The number of β-lactam (4-membered cyclic amide) rings is 1. The van der Waals surface area contributed by atoms with E-state index in [1.165, 1.54) is 22.0 Å². The molecule has 2 aromatic rings. The number of amides is 2. The summed E-state index contributed by atoms with van der Waals surface area (Å²) in [5, 5.41) is 15.9. The fourth-order valence-corrected chi connectivity index (χ4v) is 5.84. The molecule has 41 heavy (non-hydrogen) atoms. The number of allylic oxidation sites excluding steroid dienone is 3. The maximum atomic E-state index is 13.2. The molecule has 2 atom stereocenters. The van der Waals surface area contributed by atoms with Crippen LogP contribution in [-0.4, -0.2) is 77.3 Å². The Morgan fingerprint density at radius 3 is 2.66 bits per heavy atom. The summed E-state index contributed by atoms with van der Waals surface area (Å²) in [5.74, 6) is -2.58. The molecule has 17 heteroatoms. The highest BCUT2D eigenvalue weighted by Gasteiger charge is 2.54. The highest BCUT2D eigenvalue weighted by Crippen LogP contribution is 2.41. The number of rotatable bonds is 9. The van der Waals surface area contributed by atoms with Crippen LogP contribution in [0.2, 0.25) is 0 Å². The Morgan fingerprint density at radius 1 is 1.27 bits per heavy atom. The Morgan fingerprint density at radius 2 is 2.02 bits per heavy atom. The van der Waals surface area contributed by atoms with Gasteiger partial charge in [0.15, 0.2) is 10.8 Å². The van der Waals surface area contributed by atoms with Crippen molar-refractivity contribution in [1.82, 2.24) is 23.9 Å². The van der Waals surface area contributed by atoms with Crippen LogP contribution in [0.3, 0.4) is 0 Å². The number of nitrogen functional groups attached to an aromatic ring is 1. The number of hydrogen-bond acceptors (Lipinski definition) is 15. The minimum Gasteiger partial charge on any atom is -0.427 e. The van der Waals surface area contributed by atoms with Gasteiger partial charge in [-0.25, -0.2) is 9.78 Å². The summed E-state index contributed by atoms with van der Waals surface area (Å²) in [6.07, 6.45) is 8.35. The standard InChI is InChI=1S/C24H25N7O7S3/c1-24(2,3)22(35)38-11-37-21(34)17-12(6-4-5-7-13-8-26-41-30-13)9-39-20-16(19(33)31(17)20)28-18(32)15(29-36)14-10-40-23(25)27-14/h4-8,10,16,20,36H,9,11H2,1-3H3,(H2,25,27)(H,28,32)/b6-4+,7-5+,29-15-/t16-,20-/m1/s1. The summed E-state index contributed by atoms with van der Waals surface area (Å²) in [6, 6.07) is -1.02. The molecule has 4 rings (SSSR count). The number of thiazole rings is 1. The SMILES string of the molecule is CC(C)(C)C(=O)OCOC(=O)C1=C(/C=C/C=C/c2cnsn2)CS[C@@H]2[C@H](NC(=O)/C(=N\O)c3csc(N)n3)C(=O)N12. The number of thioether (sulfide) groups is 1. The Bertz CT molecular complexity index is 1460. The average Bonchev–Trinajstić information content (AvgIpc) is 3.61. The van der Waals surface area contributed by atoms with Crippen molar-refractivity contribution in [1.29, 1.82) is 0 Å². The first-order chi connectivity index (χ1) is 19.5. The van der Waals surface area contributed by atoms with Crippen molar-refractivity contribution < 1.29 is 33.9 Å². The van der Waals surface area contributed by atoms with Gasteiger partial charge < -0.3 is 25.7 Å². The maximum absolute atomic E-state index is 13.2. The van der Waals surface area contributed by atoms with Gasteiger partial charge in [0.1, 0.15) is 22.8 Å². The number of carbonyl (C=O) groups excluding carboxylic acids is 4. The van der Waals surface area contributed by atoms with Crippen molar-refractivity contribution in [2.75, 3.05) is 18.3 Å². The van der Waals surface area contributed by atoms with Crippen LogP contribution in [0.1, 0.15) is 32.2 Å². The van der Waals surface area contributed by atoms with Gasteiger partial charge in [-0.2, -0.15) is 8.75 Å². The number of hydrogen-bond donors (Lipinski definition) is 3. The third-order valence-electron chi connectivity index (χ3n) is 5.60. The van der Waals surface area contributed by atoms with Crippen LogP contribution in [0.4, 0.5) is 5.13 Å². The van der Waals surface area contributed by atoms with Gasteiger partial charge in [0.05, 0.1) is 29.0 Å². The van der Waals surface area contributed by atoms with E-state index in [2.05, 4.69) is 24.2 Å². The fourth-order valence-electron chi connectivity index (χ4n) is 3.57. The Kier molecular flexibility index (Phi) is 9.19. The normalized spacial score (nSPS) is 19.3. The minimum absolute atomic E-state index is 0.0423. The number of nitrogens with one attached hydrogen (secondary N) is 1. The van der Waals surface area contributed by atoms with Crippen molar-refractivity contribution in [2.45, 2.75) is 32.2 Å². The number of fused-ring (bicyclic) bond motifs is 1. The first-order valence-corrected chi connectivity index (χ1v) is 14.6. The molecule has 0 aliphatic carbocycles. The summed E-state index contributed by atoms with van der Waals surface area (Å²) >= 11 is 3.43. The van der Waals surface area contributed by atoms with E-state index in [0.29, 0.717) is 17.0 Å². The molecule has 0 bridgehead atoms. The Hall–Kier alpha value is -4.09. The summed E-state index contributed by atoms with van der Waals surface area (Å²) in [5.41, 5.74) is 5.54. The van der Waals surface area contributed by atoms with E-state index < -0.39 is 53.1 Å². The number of nitrogens with zero attached hydrogens (tertiary/aromatic N) is 5. The van der Waals surface area contributed by atoms with E-state index in [4.69, 9.17) is 15.2 Å². The molecule has 14 nitrogen and oxygen atoms in total. The van der Waals surface area contributed by atoms with Crippen LogP contribution < -0.4 is 11.1 Å². The molecule has 2 aliphatic rings. The largest absolute Gasteiger partial charge is 0.427 e. The molecule has 0 aromatic carbocycles. The minimum atomic E-state index is -1.02. The molecular formula is C24H25N7O7S3. The number of nitrogens with two attached hydrogens (primary N) is 1. The van der Waals surface area contributed by atoms with Crippen molar-refractivity contribution >= 4 is 75.5 Å². The molecule has 4 heterocycles. The highest BCUT2D eigenvalue weighted by atomic mass is 32.2. The molecule has 2 aliphatic heterocycles. The predicted octanol–water partition coefficient (Wildman–Crippen LogP) is 1.77. The molecule has 1 saturated heterocycles. The van der Waals surface area contributed by atoms with E-state index >= 15 is 0 Å². The topological polar surface area (TPSA) is 199 Å². The highest BCUT2D eigenvalue weighted by molar-refractivity contribution is 8.00. The van der Waals surface area contributed by atoms with E-state index in [1.54, 1.807) is 51.3 Å².